The van der Waals surface area contributed by atoms with Crippen LogP contribution in [0.1, 0.15) is 23.8 Å². The Morgan fingerprint density at radius 2 is 2.44 bits per heavy atom. The Morgan fingerprint density at radius 1 is 1.62 bits per heavy atom. The van der Waals surface area contributed by atoms with E-state index in [4.69, 9.17) is 5.73 Å². The highest BCUT2D eigenvalue weighted by Crippen LogP contribution is 2.16. The van der Waals surface area contributed by atoms with Crippen LogP contribution in [0.3, 0.4) is 0 Å². The van der Waals surface area contributed by atoms with E-state index in [0.717, 1.165) is 30.0 Å². The van der Waals surface area contributed by atoms with Crippen LogP contribution in [0.2, 0.25) is 0 Å². The standard InChI is InChI=1S/C11H18N2OS2/c1-15-7-3-2-6-13-11(14)10(12)9-5-4-8-16-9/h4-5,8,10H,2-3,6-7,12H2,1H3,(H,13,14). The van der Waals surface area contributed by atoms with Crippen LogP contribution in [0.15, 0.2) is 17.5 Å². The van der Waals surface area contributed by atoms with Crippen LogP contribution < -0.4 is 11.1 Å². The number of amides is 1. The number of hydrogen-bond acceptors (Lipinski definition) is 4. The largest absolute Gasteiger partial charge is 0.354 e. The van der Waals surface area contributed by atoms with Crippen molar-refractivity contribution >= 4 is 29.0 Å². The topological polar surface area (TPSA) is 55.1 Å². The molecule has 1 aromatic heterocycles. The van der Waals surface area contributed by atoms with Crippen molar-refractivity contribution in [2.24, 2.45) is 5.73 Å². The average Bonchev–Trinajstić information content (AvgIpc) is 2.81. The van der Waals surface area contributed by atoms with Gasteiger partial charge >= 0.3 is 0 Å². The van der Waals surface area contributed by atoms with Gasteiger partial charge in [0.1, 0.15) is 6.04 Å². The predicted molar refractivity (Wildman–Crippen MR) is 71.9 cm³/mol. The summed E-state index contributed by atoms with van der Waals surface area (Å²) in [5, 5.41) is 4.79. The first kappa shape index (κ1) is 13.5. The lowest BCUT2D eigenvalue weighted by atomic mass is 10.2. The Balaban J connectivity index is 2.20. The van der Waals surface area contributed by atoms with Gasteiger partial charge in [-0.15, -0.1) is 11.3 Å². The Labute approximate surface area is 105 Å². The summed E-state index contributed by atoms with van der Waals surface area (Å²) in [4.78, 5) is 12.6. The molecule has 0 spiro atoms. The molecular formula is C11H18N2OS2. The van der Waals surface area contributed by atoms with E-state index in [9.17, 15) is 4.79 Å². The zero-order valence-corrected chi connectivity index (χ0v) is 11.1. The third-order valence-corrected chi connectivity index (χ3v) is 3.86. The molecule has 0 fully saturated rings. The van der Waals surface area contributed by atoms with Crippen molar-refractivity contribution in [1.29, 1.82) is 0 Å². The first-order chi connectivity index (χ1) is 7.75. The molecule has 1 unspecified atom stereocenters. The quantitative estimate of drug-likeness (QED) is 0.736. The molecule has 0 saturated heterocycles. The monoisotopic (exact) mass is 258 g/mol. The number of thioether (sulfide) groups is 1. The van der Waals surface area contributed by atoms with Gasteiger partial charge in [-0.25, -0.2) is 0 Å². The smallest absolute Gasteiger partial charge is 0.242 e. The van der Waals surface area contributed by atoms with Crippen LogP contribution in [0.4, 0.5) is 0 Å². The number of nitrogens with one attached hydrogen (secondary N) is 1. The van der Waals surface area contributed by atoms with Gasteiger partial charge in [-0.3, -0.25) is 4.79 Å². The normalized spacial score (nSPS) is 12.4. The summed E-state index contributed by atoms with van der Waals surface area (Å²) in [7, 11) is 0. The molecule has 16 heavy (non-hydrogen) atoms. The van der Waals surface area contributed by atoms with Crippen LogP contribution in [0.25, 0.3) is 0 Å². The predicted octanol–water partition coefficient (Wildman–Crippen LogP) is 2.01. The maximum Gasteiger partial charge on any atom is 0.242 e. The third kappa shape index (κ3) is 4.55. The molecule has 1 heterocycles. The highest BCUT2D eigenvalue weighted by molar-refractivity contribution is 7.98. The molecule has 3 N–H and O–H groups in total. The maximum atomic E-state index is 11.6. The molecule has 1 rings (SSSR count). The van der Waals surface area contributed by atoms with Gasteiger partial charge in [0.2, 0.25) is 5.91 Å². The minimum Gasteiger partial charge on any atom is -0.354 e. The van der Waals surface area contributed by atoms with Gasteiger partial charge < -0.3 is 11.1 Å². The van der Waals surface area contributed by atoms with Gasteiger partial charge in [-0.1, -0.05) is 6.07 Å². The minimum absolute atomic E-state index is 0.0772. The molecule has 1 atom stereocenters. The van der Waals surface area contributed by atoms with E-state index in [1.54, 1.807) is 0 Å². The fourth-order valence-corrected chi connectivity index (χ4v) is 2.51. The Bertz CT molecular complexity index is 301. The van der Waals surface area contributed by atoms with Gasteiger partial charge in [0.15, 0.2) is 0 Å². The summed E-state index contributed by atoms with van der Waals surface area (Å²) in [6.07, 6.45) is 4.24. The number of carbonyl (C=O) groups is 1. The maximum absolute atomic E-state index is 11.6. The number of rotatable bonds is 7. The molecule has 0 aliphatic rings. The molecule has 0 aliphatic carbocycles. The number of unbranched alkanes of at least 4 members (excludes halogenated alkanes) is 1. The summed E-state index contributed by atoms with van der Waals surface area (Å²) in [6.45, 7) is 0.721. The van der Waals surface area contributed by atoms with Crippen molar-refractivity contribution < 1.29 is 4.79 Å². The zero-order chi connectivity index (χ0) is 11.8. The first-order valence-corrected chi connectivity index (χ1v) is 7.58. The molecule has 0 saturated carbocycles. The fourth-order valence-electron chi connectivity index (χ4n) is 1.29. The molecule has 0 radical (unpaired) electrons. The first-order valence-electron chi connectivity index (χ1n) is 5.31. The lowest BCUT2D eigenvalue weighted by molar-refractivity contribution is -0.122. The molecule has 0 aromatic carbocycles. The van der Waals surface area contributed by atoms with E-state index < -0.39 is 6.04 Å². The Kier molecular flexibility index (Phi) is 6.52. The summed E-state index contributed by atoms with van der Waals surface area (Å²) in [6, 6.07) is 3.29. The zero-order valence-electron chi connectivity index (χ0n) is 9.44. The molecular weight excluding hydrogens is 240 g/mol. The SMILES string of the molecule is CSCCCCNC(=O)C(N)c1cccs1. The van der Waals surface area contributed by atoms with Crippen molar-refractivity contribution in [3.05, 3.63) is 22.4 Å². The number of nitrogens with two attached hydrogens (primary N) is 1. The lowest BCUT2D eigenvalue weighted by Gasteiger charge is -2.10. The molecule has 5 heteroatoms. The number of hydrogen-bond donors (Lipinski definition) is 2. The van der Waals surface area contributed by atoms with E-state index in [1.807, 2.05) is 29.3 Å². The number of thiophene rings is 1. The van der Waals surface area contributed by atoms with Crippen molar-refractivity contribution in [1.82, 2.24) is 5.32 Å². The van der Waals surface area contributed by atoms with E-state index in [2.05, 4.69) is 11.6 Å². The van der Waals surface area contributed by atoms with Crippen molar-refractivity contribution in [3.8, 4) is 0 Å². The molecule has 0 aliphatic heterocycles. The van der Waals surface area contributed by atoms with Gasteiger partial charge in [0.05, 0.1) is 0 Å². The molecule has 1 aromatic rings. The second-order valence-corrected chi connectivity index (χ2v) is 5.45. The van der Waals surface area contributed by atoms with Crippen molar-refractivity contribution in [3.63, 3.8) is 0 Å². The van der Waals surface area contributed by atoms with Crippen LogP contribution in [-0.2, 0) is 4.79 Å². The third-order valence-electron chi connectivity index (χ3n) is 2.21. The van der Waals surface area contributed by atoms with Gasteiger partial charge in [-0.2, -0.15) is 11.8 Å². The highest BCUT2D eigenvalue weighted by Gasteiger charge is 2.15. The second kappa shape index (κ2) is 7.70. The highest BCUT2D eigenvalue weighted by atomic mass is 32.2. The van der Waals surface area contributed by atoms with Crippen LogP contribution >= 0.6 is 23.1 Å². The second-order valence-electron chi connectivity index (χ2n) is 3.48. The van der Waals surface area contributed by atoms with Gasteiger partial charge in [0, 0.05) is 11.4 Å². The summed E-state index contributed by atoms with van der Waals surface area (Å²) >= 11 is 3.35. The van der Waals surface area contributed by atoms with Crippen LogP contribution in [0, 0.1) is 0 Å². The molecule has 1 amide bonds. The van der Waals surface area contributed by atoms with Gasteiger partial charge in [-0.05, 0) is 36.3 Å². The molecule has 90 valence electrons. The van der Waals surface area contributed by atoms with Gasteiger partial charge in [0.25, 0.3) is 0 Å². The Morgan fingerprint density at radius 3 is 3.06 bits per heavy atom. The summed E-state index contributed by atoms with van der Waals surface area (Å²) in [5.41, 5.74) is 5.82. The van der Waals surface area contributed by atoms with Crippen LogP contribution in [-0.4, -0.2) is 24.5 Å². The lowest BCUT2D eigenvalue weighted by Crippen LogP contribution is -2.34. The number of carbonyl (C=O) groups excluding carboxylic acids is 1. The van der Waals surface area contributed by atoms with E-state index in [0.29, 0.717) is 0 Å². The fraction of sp³-hybridized carbons (Fsp3) is 0.545. The summed E-state index contributed by atoms with van der Waals surface area (Å²) in [5.74, 6) is 1.07. The van der Waals surface area contributed by atoms with E-state index in [-0.39, 0.29) is 5.91 Å². The van der Waals surface area contributed by atoms with Crippen LogP contribution in [0.5, 0.6) is 0 Å². The van der Waals surface area contributed by atoms with Crippen molar-refractivity contribution in [2.45, 2.75) is 18.9 Å². The molecule has 3 nitrogen and oxygen atoms in total. The Hall–Kier alpha value is -0.520. The van der Waals surface area contributed by atoms with E-state index in [1.165, 1.54) is 11.3 Å². The van der Waals surface area contributed by atoms with Crippen molar-refractivity contribution in [2.75, 3.05) is 18.6 Å². The summed E-state index contributed by atoms with van der Waals surface area (Å²) < 4.78 is 0. The van der Waals surface area contributed by atoms with E-state index >= 15 is 0 Å². The average molecular weight is 258 g/mol. The molecule has 0 bridgehead atoms. The minimum atomic E-state index is -0.513.